The lowest BCUT2D eigenvalue weighted by molar-refractivity contribution is -0.141. The zero-order chi connectivity index (χ0) is 24.4. The Labute approximate surface area is 186 Å². The molecule has 2 heterocycles. The van der Waals surface area contributed by atoms with E-state index in [9.17, 15) is 31.1 Å². The van der Waals surface area contributed by atoms with E-state index < -0.39 is 29.6 Å². The summed E-state index contributed by atoms with van der Waals surface area (Å²) >= 11 is 0. The van der Waals surface area contributed by atoms with Gasteiger partial charge in [0, 0.05) is 5.57 Å². The molecule has 0 spiro atoms. The van der Waals surface area contributed by atoms with E-state index in [1.54, 1.807) is 6.92 Å². The molecular weight excluding hydrogens is 450 g/mol. The Bertz CT molecular complexity index is 1030. The van der Waals surface area contributed by atoms with Gasteiger partial charge in [0.15, 0.2) is 0 Å². The number of rotatable bonds is 4. The van der Waals surface area contributed by atoms with Gasteiger partial charge in [-0.05, 0) is 61.8 Å². The quantitative estimate of drug-likeness (QED) is 0.416. The maximum absolute atomic E-state index is 12.8. The van der Waals surface area contributed by atoms with Crippen molar-refractivity contribution >= 4 is 17.4 Å². The number of carbonyl (C=O) groups excluding carboxylic acids is 1. The minimum Gasteiger partial charge on any atom is -0.383 e. The summed E-state index contributed by atoms with van der Waals surface area (Å²) in [5.41, 5.74) is 5.83. The van der Waals surface area contributed by atoms with E-state index in [2.05, 4.69) is 15.3 Å². The van der Waals surface area contributed by atoms with Crippen molar-refractivity contribution in [1.29, 1.82) is 0 Å². The number of anilines is 2. The number of nitrogen functional groups attached to an aromatic ring is 1. The van der Waals surface area contributed by atoms with Crippen LogP contribution in [-0.4, -0.2) is 15.9 Å². The lowest BCUT2D eigenvalue weighted by Crippen LogP contribution is -2.19. The molecule has 2 aromatic heterocycles. The van der Waals surface area contributed by atoms with Crippen LogP contribution in [0.15, 0.2) is 41.6 Å². The molecule has 0 unspecified atom stereocenters. The van der Waals surface area contributed by atoms with Crippen LogP contribution in [0, 0.1) is 0 Å². The second kappa shape index (κ2) is 9.40. The first-order valence-corrected chi connectivity index (χ1v) is 10.3. The molecule has 0 saturated heterocycles. The van der Waals surface area contributed by atoms with Crippen LogP contribution in [0.1, 0.15) is 61.9 Å². The third kappa shape index (κ3) is 5.82. The summed E-state index contributed by atoms with van der Waals surface area (Å²) in [6, 6.07) is 4.21. The third-order valence-corrected chi connectivity index (χ3v) is 5.64. The van der Waals surface area contributed by atoms with Gasteiger partial charge in [-0.15, -0.1) is 0 Å². The van der Waals surface area contributed by atoms with E-state index in [4.69, 9.17) is 5.73 Å². The first-order chi connectivity index (χ1) is 15.4. The predicted molar refractivity (Wildman–Crippen MR) is 110 cm³/mol. The van der Waals surface area contributed by atoms with Gasteiger partial charge in [0.05, 0.1) is 11.9 Å². The number of pyridine rings is 2. The third-order valence-electron chi connectivity index (χ3n) is 5.64. The van der Waals surface area contributed by atoms with Crippen LogP contribution in [-0.2, 0) is 17.1 Å². The highest BCUT2D eigenvalue weighted by molar-refractivity contribution is 6.04. The Morgan fingerprint density at radius 3 is 2.12 bits per heavy atom. The van der Waals surface area contributed by atoms with E-state index in [1.807, 2.05) is 0 Å². The fraction of sp³-hybridized carbons (Fsp3) is 0.409. The lowest BCUT2D eigenvalue weighted by atomic mass is 9.79. The number of carbonyl (C=O) groups is 1. The van der Waals surface area contributed by atoms with Gasteiger partial charge < -0.3 is 11.1 Å². The Hall–Kier alpha value is -3.11. The maximum Gasteiger partial charge on any atom is 0.433 e. The van der Waals surface area contributed by atoms with E-state index in [1.165, 1.54) is 6.07 Å². The van der Waals surface area contributed by atoms with Gasteiger partial charge in [-0.25, -0.2) is 9.97 Å². The smallest absolute Gasteiger partial charge is 0.383 e. The van der Waals surface area contributed by atoms with E-state index in [-0.39, 0.29) is 17.4 Å². The molecule has 1 amide bonds. The lowest BCUT2D eigenvalue weighted by Gasteiger charge is -2.27. The van der Waals surface area contributed by atoms with Crippen LogP contribution < -0.4 is 11.1 Å². The Kier molecular flexibility index (Phi) is 6.99. The van der Waals surface area contributed by atoms with Gasteiger partial charge in [-0.1, -0.05) is 18.6 Å². The van der Waals surface area contributed by atoms with Crippen LogP contribution in [0.25, 0.3) is 0 Å². The highest BCUT2D eigenvalue weighted by Crippen LogP contribution is 2.40. The molecule has 0 bridgehead atoms. The fourth-order valence-electron chi connectivity index (χ4n) is 3.98. The van der Waals surface area contributed by atoms with Crippen molar-refractivity contribution < 1.29 is 31.1 Å². The number of allylic oxidation sites excluding steroid dienone is 1. The normalized spacial score (nSPS) is 17.1. The molecule has 1 saturated carbocycles. The Morgan fingerprint density at radius 1 is 1.03 bits per heavy atom. The first kappa shape index (κ1) is 24.5. The molecule has 1 aliphatic carbocycles. The van der Waals surface area contributed by atoms with Gasteiger partial charge in [-0.2, -0.15) is 26.3 Å². The highest BCUT2D eigenvalue weighted by Gasteiger charge is 2.34. The number of nitrogens with two attached hydrogens (primary N) is 1. The summed E-state index contributed by atoms with van der Waals surface area (Å²) < 4.78 is 76.3. The molecule has 0 radical (unpaired) electrons. The van der Waals surface area contributed by atoms with Gasteiger partial charge in [0.25, 0.3) is 5.91 Å². The minimum absolute atomic E-state index is 0.0798. The fourth-order valence-corrected chi connectivity index (χ4v) is 3.98. The molecular formula is C22H22F6N4O. The average Bonchev–Trinajstić information content (AvgIpc) is 2.74. The summed E-state index contributed by atoms with van der Waals surface area (Å²) in [5, 5.41) is 2.58. The topological polar surface area (TPSA) is 80.9 Å². The van der Waals surface area contributed by atoms with Crippen LogP contribution >= 0.6 is 0 Å². The van der Waals surface area contributed by atoms with Crippen molar-refractivity contribution in [1.82, 2.24) is 9.97 Å². The molecule has 1 aliphatic rings. The molecule has 33 heavy (non-hydrogen) atoms. The summed E-state index contributed by atoms with van der Waals surface area (Å²) in [5.74, 6) is -0.641. The van der Waals surface area contributed by atoms with Crippen LogP contribution in [0.4, 0.5) is 37.8 Å². The van der Waals surface area contributed by atoms with Crippen molar-refractivity contribution in [3.8, 4) is 0 Å². The molecule has 0 aliphatic heterocycles. The van der Waals surface area contributed by atoms with Gasteiger partial charge in [-0.3, -0.25) is 4.79 Å². The summed E-state index contributed by atoms with van der Waals surface area (Å²) in [6.45, 7) is 1.80. The summed E-state index contributed by atoms with van der Waals surface area (Å²) in [4.78, 5) is 19.5. The maximum atomic E-state index is 12.8. The van der Waals surface area contributed by atoms with Crippen LogP contribution in [0.3, 0.4) is 0 Å². The Morgan fingerprint density at radius 2 is 1.64 bits per heavy atom. The predicted octanol–water partition coefficient (Wildman–Crippen LogP) is 6.10. The van der Waals surface area contributed by atoms with Crippen molar-refractivity contribution in [2.45, 2.75) is 57.3 Å². The molecule has 2 aromatic rings. The molecule has 3 rings (SSSR count). The van der Waals surface area contributed by atoms with E-state index in [0.29, 0.717) is 43.2 Å². The second-order valence-corrected chi connectivity index (χ2v) is 7.76. The zero-order valence-corrected chi connectivity index (χ0v) is 17.6. The number of hydrogen-bond acceptors (Lipinski definition) is 4. The van der Waals surface area contributed by atoms with Crippen molar-refractivity contribution in [2.75, 3.05) is 11.1 Å². The SMILES string of the molecule is CCC(C(=O)Nc1ccc(C(F)(F)F)nc1)=C1CCC(c2ccc(C(F)(F)F)nc2N)CC1. The summed E-state index contributed by atoms with van der Waals surface area (Å²) in [6.07, 6.45) is -5.49. The molecule has 11 heteroatoms. The van der Waals surface area contributed by atoms with E-state index in [0.717, 1.165) is 30.0 Å². The number of halogens is 6. The number of aromatic nitrogens is 2. The summed E-state index contributed by atoms with van der Waals surface area (Å²) in [7, 11) is 0. The van der Waals surface area contributed by atoms with Gasteiger partial charge >= 0.3 is 12.4 Å². The average molecular weight is 472 g/mol. The largest absolute Gasteiger partial charge is 0.433 e. The number of amides is 1. The van der Waals surface area contributed by atoms with Crippen molar-refractivity contribution in [2.24, 2.45) is 0 Å². The van der Waals surface area contributed by atoms with Crippen molar-refractivity contribution in [3.63, 3.8) is 0 Å². The van der Waals surface area contributed by atoms with Crippen LogP contribution in [0.5, 0.6) is 0 Å². The van der Waals surface area contributed by atoms with E-state index >= 15 is 0 Å². The van der Waals surface area contributed by atoms with Gasteiger partial charge in [0.1, 0.15) is 17.2 Å². The number of alkyl halides is 6. The second-order valence-electron chi connectivity index (χ2n) is 7.76. The minimum atomic E-state index is -4.57. The Balaban J connectivity index is 1.69. The van der Waals surface area contributed by atoms with Crippen LogP contribution in [0.2, 0.25) is 0 Å². The standard InChI is InChI=1S/C22H22F6N4O/c1-2-15(20(33)31-14-7-9-17(30-11-14)21(23,24)25)12-3-5-13(6-4-12)16-8-10-18(22(26,27)28)32-19(16)29/h7-11,13H,2-6H2,1H3,(H2,29,32)(H,31,33). The zero-order valence-electron chi connectivity index (χ0n) is 17.6. The van der Waals surface area contributed by atoms with Gasteiger partial charge in [0.2, 0.25) is 0 Å². The first-order valence-electron chi connectivity index (χ1n) is 10.3. The molecule has 178 valence electrons. The molecule has 5 nitrogen and oxygen atoms in total. The molecule has 0 aromatic carbocycles. The number of hydrogen-bond donors (Lipinski definition) is 2. The van der Waals surface area contributed by atoms with Crippen molar-refractivity contribution in [3.05, 3.63) is 58.6 Å². The number of nitrogens with one attached hydrogen (secondary N) is 1. The monoisotopic (exact) mass is 472 g/mol. The highest BCUT2D eigenvalue weighted by atomic mass is 19.4. The number of nitrogens with zero attached hydrogens (tertiary/aromatic N) is 2. The molecule has 1 fully saturated rings. The molecule has 3 N–H and O–H groups in total. The molecule has 0 atom stereocenters.